The van der Waals surface area contributed by atoms with Gasteiger partial charge in [-0.2, -0.15) is 0 Å². The number of nitrogens with zero attached hydrogens (tertiary/aromatic N) is 3. The van der Waals surface area contributed by atoms with E-state index in [1.165, 1.54) is 35.0 Å². The van der Waals surface area contributed by atoms with E-state index >= 15 is 0 Å². The number of hydrogen-bond acceptors (Lipinski definition) is 10. The topological polar surface area (TPSA) is 189 Å². The minimum Gasteiger partial charge on any atom is -0.478 e. The largest absolute Gasteiger partial charge is 0.478 e. The molecule has 60 heavy (non-hydrogen) atoms. The zero-order valence-electron chi connectivity index (χ0n) is 34.5. The number of esters is 1. The molecular weight excluding hydrogens is 769 g/mol. The van der Waals surface area contributed by atoms with Crippen molar-refractivity contribution in [2.75, 3.05) is 49.9 Å². The average molecular weight is 819 g/mol. The minimum atomic E-state index is -1.39. The van der Waals surface area contributed by atoms with Crippen LogP contribution < -0.4 is 36.0 Å². The number of amides is 3. The minimum absolute atomic E-state index is 0.0334. The van der Waals surface area contributed by atoms with Gasteiger partial charge in [0.2, 0.25) is 11.8 Å². The van der Waals surface area contributed by atoms with Crippen molar-refractivity contribution in [3.63, 3.8) is 0 Å². The number of aliphatic carboxylic acids is 1. The van der Waals surface area contributed by atoms with Gasteiger partial charge in [-0.25, -0.2) is 9.59 Å². The quantitative estimate of drug-likeness (QED) is 0.0854. The molecular formula is C45H50N6O9. The second kappa shape index (κ2) is 17.9. The van der Waals surface area contributed by atoms with Crippen LogP contribution in [0.2, 0.25) is 0 Å². The number of fused-ring (bicyclic) bond motifs is 6. The first-order chi connectivity index (χ1) is 28.7. The van der Waals surface area contributed by atoms with E-state index < -0.39 is 41.0 Å². The molecule has 3 amide bonds. The zero-order chi connectivity index (χ0) is 43.3. The van der Waals surface area contributed by atoms with Crippen molar-refractivity contribution in [2.24, 2.45) is 5.92 Å². The van der Waals surface area contributed by atoms with Crippen molar-refractivity contribution in [3.05, 3.63) is 123 Å². The fraction of sp³-hybridized carbons (Fsp3) is 0.333. The Balaban J connectivity index is 1.28. The van der Waals surface area contributed by atoms with E-state index in [0.717, 1.165) is 30.3 Å². The molecule has 3 heterocycles. The second-order valence-electron chi connectivity index (χ2n) is 15.3. The molecule has 0 saturated heterocycles. The third-order valence-electron chi connectivity index (χ3n) is 10.9. The highest BCUT2D eigenvalue weighted by Crippen LogP contribution is 2.57. The van der Waals surface area contributed by atoms with Gasteiger partial charge in [0.1, 0.15) is 29.8 Å². The lowest BCUT2D eigenvalue weighted by molar-refractivity contribution is -0.131. The number of benzene rings is 3. The summed E-state index contributed by atoms with van der Waals surface area (Å²) in [4.78, 5) is 82.6. The van der Waals surface area contributed by atoms with E-state index in [1.807, 2.05) is 88.2 Å². The molecule has 1 aromatic heterocycles. The van der Waals surface area contributed by atoms with Gasteiger partial charge in [0, 0.05) is 92.8 Å². The first kappa shape index (κ1) is 42.7. The van der Waals surface area contributed by atoms with E-state index in [9.17, 15) is 28.8 Å². The number of carboxylic acid groups (broad SMARTS) is 1. The van der Waals surface area contributed by atoms with Crippen molar-refractivity contribution >= 4 is 46.7 Å². The fourth-order valence-electron chi connectivity index (χ4n) is 7.38. The van der Waals surface area contributed by atoms with Gasteiger partial charge in [-0.15, -0.1) is 0 Å². The molecule has 0 bridgehead atoms. The smallest absolute Gasteiger partial charge is 0.340 e. The molecule has 1 unspecified atom stereocenters. The number of carbonyl (C=O) groups excluding carboxylic acids is 4. The number of nitrogens with one attached hydrogen (secondary N) is 3. The van der Waals surface area contributed by atoms with E-state index in [0.29, 0.717) is 40.7 Å². The number of pyridine rings is 1. The lowest BCUT2D eigenvalue weighted by Crippen LogP contribution is -2.44. The average Bonchev–Trinajstić information content (AvgIpc) is 3.51. The van der Waals surface area contributed by atoms with Gasteiger partial charge in [0.05, 0.1) is 5.56 Å². The molecule has 0 aliphatic carbocycles. The molecule has 15 nitrogen and oxygen atoms in total. The monoisotopic (exact) mass is 818 g/mol. The van der Waals surface area contributed by atoms with Crippen molar-refractivity contribution in [1.29, 1.82) is 0 Å². The fourth-order valence-corrected chi connectivity index (χ4v) is 7.38. The number of ether oxygens (including phenoxy) is 2. The van der Waals surface area contributed by atoms with Gasteiger partial charge in [0.15, 0.2) is 5.60 Å². The molecule has 6 rings (SSSR count). The summed E-state index contributed by atoms with van der Waals surface area (Å²) in [6.07, 6.45) is 5.57. The van der Waals surface area contributed by atoms with Gasteiger partial charge < -0.3 is 44.9 Å². The van der Waals surface area contributed by atoms with Crippen LogP contribution in [0.1, 0.15) is 76.9 Å². The summed E-state index contributed by atoms with van der Waals surface area (Å²) in [5.74, 6) is -2.32. The van der Waals surface area contributed by atoms with E-state index in [1.54, 1.807) is 12.1 Å². The second-order valence-corrected chi connectivity index (χ2v) is 15.3. The summed E-state index contributed by atoms with van der Waals surface area (Å²) in [5, 5.41) is 17.2. The summed E-state index contributed by atoms with van der Waals surface area (Å²) < 4.78 is 14.0. The number of carbonyl (C=O) groups is 5. The van der Waals surface area contributed by atoms with Crippen LogP contribution in [0.15, 0.2) is 89.9 Å². The van der Waals surface area contributed by atoms with Gasteiger partial charge in [-0.05, 0) is 67.3 Å². The zero-order valence-corrected chi connectivity index (χ0v) is 34.5. The van der Waals surface area contributed by atoms with Gasteiger partial charge in [0.25, 0.3) is 11.5 Å². The lowest BCUT2D eigenvalue weighted by atomic mass is 9.77. The van der Waals surface area contributed by atoms with E-state index in [2.05, 4.69) is 16.0 Å². The summed E-state index contributed by atoms with van der Waals surface area (Å²) >= 11 is 0. The molecule has 3 aromatic carbocycles. The highest BCUT2D eigenvalue weighted by atomic mass is 16.6. The van der Waals surface area contributed by atoms with E-state index in [-0.39, 0.29) is 42.1 Å². The number of allylic oxidation sites excluding steroid dienone is 1. The molecule has 0 fully saturated rings. The van der Waals surface area contributed by atoms with Crippen LogP contribution in [0.4, 0.5) is 17.1 Å². The van der Waals surface area contributed by atoms with Crippen molar-refractivity contribution in [1.82, 2.24) is 15.2 Å². The standard InChI is InChI=1S/C45H50N6O9/c1-7-27(8-2)25-46-39(52)26-51-21-11-13-36(43(51)57)48-42(56)35(12-9-10-14-40(53)54)47-41(55)28-15-18-32-31(22-28)44(58)60-45(32)33-19-16-29(49(3)4)23-37(33)59-38-24-30(50(5)6)17-20-34(38)45/h10-11,13-24,27,35H,7-9,12,25-26H2,1-6H3,(H,46,52)(H,47,55)(H,48,56)(H,53,54). The number of anilines is 3. The molecule has 314 valence electrons. The van der Waals surface area contributed by atoms with Crippen LogP contribution in [0.3, 0.4) is 0 Å². The van der Waals surface area contributed by atoms with E-state index in [4.69, 9.17) is 14.6 Å². The summed E-state index contributed by atoms with van der Waals surface area (Å²) in [7, 11) is 7.64. The van der Waals surface area contributed by atoms with Gasteiger partial charge >= 0.3 is 11.9 Å². The predicted molar refractivity (Wildman–Crippen MR) is 227 cm³/mol. The van der Waals surface area contributed by atoms with Crippen molar-refractivity contribution < 1.29 is 38.6 Å². The Hall–Kier alpha value is -6.90. The Labute approximate surface area is 348 Å². The third-order valence-corrected chi connectivity index (χ3v) is 10.9. The maximum atomic E-state index is 13.9. The van der Waals surface area contributed by atoms with Crippen LogP contribution in [0.25, 0.3) is 0 Å². The number of aromatic nitrogens is 1. The number of hydrogen-bond donors (Lipinski definition) is 4. The molecule has 15 heteroatoms. The Bertz CT molecular complexity index is 2360. The number of rotatable bonds is 16. The Morgan fingerprint density at radius 2 is 1.50 bits per heavy atom. The SMILES string of the molecule is CCC(CC)CNC(=O)Cn1cccc(NC(=O)C(CCC=CC(=O)O)NC(=O)c2ccc3c(c2)C(=O)OC32c3ccc(N(C)C)cc3Oc3cc(N(C)C)ccc32)c1=O. The Kier molecular flexibility index (Phi) is 12.8. The molecule has 2 aliphatic heterocycles. The highest BCUT2D eigenvalue weighted by molar-refractivity contribution is 6.04. The predicted octanol–water partition coefficient (Wildman–Crippen LogP) is 5.26. The van der Waals surface area contributed by atoms with Crippen LogP contribution >= 0.6 is 0 Å². The summed E-state index contributed by atoms with van der Waals surface area (Å²) in [6, 6.07) is 17.6. The molecule has 1 spiro atoms. The van der Waals surface area contributed by atoms with Crippen molar-refractivity contribution in [2.45, 2.75) is 57.7 Å². The number of carboxylic acids is 1. The van der Waals surface area contributed by atoms with Gasteiger partial charge in [-0.1, -0.05) is 38.8 Å². The molecule has 0 radical (unpaired) electrons. The van der Waals surface area contributed by atoms with Gasteiger partial charge in [-0.3, -0.25) is 19.2 Å². The summed E-state index contributed by atoms with van der Waals surface area (Å²) in [5.41, 5.74) is 1.53. The van der Waals surface area contributed by atoms with Crippen LogP contribution in [0, 0.1) is 5.92 Å². The lowest BCUT2D eigenvalue weighted by Gasteiger charge is -2.37. The molecule has 2 aliphatic rings. The van der Waals surface area contributed by atoms with Crippen molar-refractivity contribution in [3.8, 4) is 11.5 Å². The molecule has 1 atom stereocenters. The highest BCUT2D eigenvalue weighted by Gasteiger charge is 2.54. The first-order valence-electron chi connectivity index (χ1n) is 19.8. The van der Waals surface area contributed by atoms with Crippen LogP contribution in [-0.4, -0.2) is 80.1 Å². The van der Waals surface area contributed by atoms with Crippen LogP contribution in [-0.2, 0) is 31.3 Å². The maximum Gasteiger partial charge on any atom is 0.340 e. The molecule has 4 aromatic rings. The first-order valence-corrected chi connectivity index (χ1v) is 19.8. The Morgan fingerprint density at radius 1 is 0.867 bits per heavy atom. The summed E-state index contributed by atoms with van der Waals surface area (Å²) in [6.45, 7) is 4.30. The third kappa shape index (κ3) is 8.75. The molecule has 0 saturated carbocycles. The van der Waals surface area contributed by atoms with Crippen LogP contribution in [0.5, 0.6) is 11.5 Å². The Morgan fingerprint density at radius 3 is 2.10 bits per heavy atom. The maximum absolute atomic E-state index is 13.9. The molecule has 4 N–H and O–H groups in total. The normalized spacial score (nSPS) is 13.8.